The van der Waals surface area contributed by atoms with Gasteiger partial charge in [-0.05, 0) is 33.3 Å². The van der Waals surface area contributed by atoms with Gasteiger partial charge in [0.25, 0.3) is 0 Å². The molecule has 20 heavy (non-hydrogen) atoms. The molecule has 0 aliphatic carbocycles. The molecule has 0 aliphatic rings. The third kappa shape index (κ3) is 5.12. The van der Waals surface area contributed by atoms with E-state index in [0.29, 0.717) is 12.1 Å². The van der Waals surface area contributed by atoms with Crippen LogP contribution >= 0.6 is 0 Å². The molecule has 0 atom stereocenters. The molecule has 0 saturated carbocycles. The van der Waals surface area contributed by atoms with Gasteiger partial charge >= 0.3 is 0 Å². The summed E-state index contributed by atoms with van der Waals surface area (Å²) >= 11 is 0. The van der Waals surface area contributed by atoms with Gasteiger partial charge in [0, 0.05) is 18.5 Å². The summed E-state index contributed by atoms with van der Waals surface area (Å²) < 4.78 is 2.58. The maximum Gasteiger partial charge on any atom is 0.149 e. The molecule has 0 fully saturated rings. The molecule has 1 aromatic carbocycles. The van der Waals surface area contributed by atoms with E-state index in [4.69, 9.17) is 4.99 Å². The molecule has 0 amide bonds. The maximum atomic E-state index is 4.94. The number of hydrogen-bond donors (Lipinski definition) is 0. The molecule has 0 spiro atoms. The number of nitrogens with zero attached hydrogens (tertiary/aromatic N) is 2. The quantitative estimate of drug-likeness (QED) is 0.440. The van der Waals surface area contributed by atoms with Crippen LogP contribution in [0.1, 0.15) is 33.3 Å². The topological polar surface area (TPSA) is 15.6 Å². The van der Waals surface area contributed by atoms with Crippen molar-refractivity contribution < 1.29 is 0 Å². The zero-order valence-electron chi connectivity index (χ0n) is 14.1. The first kappa shape index (κ1) is 17.0. The molecular formula is C17H30N2Si. The number of benzene rings is 1. The molecule has 1 rings (SSSR count). The highest BCUT2D eigenvalue weighted by Gasteiger charge is 2.29. The van der Waals surface area contributed by atoms with Crippen LogP contribution in [0.5, 0.6) is 0 Å². The Morgan fingerprint density at radius 2 is 1.60 bits per heavy atom. The first-order chi connectivity index (χ1) is 9.21. The molecule has 1 aromatic rings. The first-order valence-electron chi connectivity index (χ1n) is 7.61. The molecular weight excluding hydrogens is 260 g/mol. The van der Waals surface area contributed by atoms with E-state index >= 15 is 0 Å². The third-order valence-corrected chi connectivity index (χ3v) is 5.35. The fourth-order valence-corrected chi connectivity index (χ4v) is 5.19. The monoisotopic (exact) mass is 290 g/mol. The van der Waals surface area contributed by atoms with Gasteiger partial charge in [-0.2, -0.15) is 0 Å². The van der Waals surface area contributed by atoms with Gasteiger partial charge in [0.15, 0.2) is 0 Å². The van der Waals surface area contributed by atoms with Crippen LogP contribution < -0.4 is 0 Å². The standard InChI is InChI=1S/C17H30N2Si/c1-14(2)18-17(13-16-11-9-8-10-12-16)19(15(3)4)20(5,6)7/h8-12,14-15H,13H2,1-7H3. The molecule has 0 heterocycles. The molecule has 112 valence electrons. The molecule has 0 aliphatic heterocycles. The van der Waals surface area contributed by atoms with Crippen LogP contribution in [0.4, 0.5) is 0 Å². The van der Waals surface area contributed by atoms with Gasteiger partial charge in [-0.15, -0.1) is 0 Å². The summed E-state index contributed by atoms with van der Waals surface area (Å²) in [6.45, 7) is 16.1. The van der Waals surface area contributed by atoms with E-state index in [1.807, 2.05) is 0 Å². The second-order valence-corrected chi connectivity index (χ2v) is 11.8. The van der Waals surface area contributed by atoms with Crippen LogP contribution in [0, 0.1) is 0 Å². The molecule has 0 aromatic heterocycles. The SMILES string of the molecule is CC(C)N=C(Cc1ccccc1)N(C(C)C)[Si](C)(C)C. The second-order valence-electron chi connectivity index (χ2n) is 6.94. The number of hydrogen-bond acceptors (Lipinski definition) is 1. The zero-order chi connectivity index (χ0) is 15.3. The van der Waals surface area contributed by atoms with Crippen LogP contribution in [0.3, 0.4) is 0 Å². The lowest BCUT2D eigenvalue weighted by Crippen LogP contribution is -2.54. The fourth-order valence-electron chi connectivity index (χ4n) is 2.73. The van der Waals surface area contributed by atoms with Gasteiger partial charge in [0.1, 0.15) is 8.24 Å². The van der Waals surface area contributed by atoms with E-state index in [-0.39, 0.29) is 0 Å². The van der Waals surface area contributed by atoms with Crippen molar-refractivity contribution in [3.63, 3.8) is 0 Å². The van der Waals surface area contributed by atoms with Gasteiger partial charge in [-0.1, -0.05) is 50.0 Å². The molecule has 0 unspecified atom stereocenters. The lowest BCUT2D eigenvalue weighted by Gasteiger charge is -2.41. The normalized spacial score (nSPS) is 13.2. The van der Waals surface area contributed by atoms with Crippen LogP contribution in [-0.4, -0.2) is 30.7 Å². The van der Waals surface area contributed by atoms with Crippen molar-refractivity contribution in [2.75, 3.05) is 0 Å². The van der Waals surface area contributed by atoms with Gasteiger partial charge in [-0.3, -0.25) is 4.99 Å². The Morgan fingerprint density at radius 1 is 1.05 bits per heavy atom. The van der Waals surface area contributed by atoms with Crippen molar-refractivity contribution in [3.05, 3.63) is 35.9 Å². The van der Waals surface area contributed by atoms with Crippen molar-refractivity contribution in [1.82, 2.24) is 4.57 Å². The highest BCUT2D eigenvalue weighted by molar-refractivity contribution is 6.75. The van der Waals surface area contributed by atoms with Gasteiger partial charge < -0.3 is 4.57 Å². The Bertz CT molecular complexity index is 430. The van der Waals surface area contributed by atoms with Crippen LogP contribution in [0.15, 0.2) is 35.3 Å². The van der Waals surface area contributed by atoms with Gasteiger partial charge in [0.2, 0.25) is 0 Å². The van der Waals surface area contributed by atoms with Crippen molar-refractivity contribution in [1.29, 1.82) is 0 Å². The highest BCUT2D eigenvalue weighted by atomic mass is 28.3. The third-order valence-electron chi connectivity index (χ3n) is 3.13. The molecule has 3 heteroatoms. The predicted octanol–water partition coefficient (Wildman–Crippen LogP) is 4.58. The van der Waals surface area contributed by atoms with E-state index in [1.54, 1.807) is 0 Å². The summed E-state index contributed by atoms with van der Waals surface area (Å²) in [5.74, 6) is 1.25. The molecule has 0 bridgehead atoms. The van der Waals surface area contributed by atoms with Crippen molar-refractivity contribution in [3.8, 4) is 0 Å². The summed E-state index contributed by atoms with van der Waals surface area (Å²) in [4.78, 5) is 4.94. The Kier molecular flexibility index (Phi) is 6.00. The molecule has 0 saturated heterocycles. The smallest absolute Gasteiger partial charge is 0.149 e. The largest absolute Gasteiger partial charge is 0.385 e. The zero-order valence-corrected chi connectivity index (χ0v) is 15.1. The highest BCUT2D eigenvalue weighted by Crippen LogP contribution is 2.18. The van der Waals surface area contributed by atoms with E-state index in [2.05, 4.69) is 82.2 Å². The van der Waals surface area contributed by atoms with E-state index < -0.39 is 8.24 Å². The minimum absolute atomic E-state index is 0.339. The van der Waals surface area contributed by atoms with Crippen LogP contribution in [0.2, 0.25) is 19.6 Å². The minimum atomic E-state index is -1.43. The molecule has 0 radical (unpaired) electrons. The van der Waals surface area contributed by atoms with Crippen molar-refractivity contribution in [2.24, 2.45) is 4.99 Å². The van der Waals surface area contributed by atoms with Crippen molar-refractivity contribution in [2.45, 2.75) is 65.8 Å². The molecule has 0 N–H and O–H groups in total. The summed E-state index contributed by atoms with van der Waals surface area (Å²) in [5.41, 5.74) is 1.34. The lowest BCUT2D eigenvalue weighted by molar-refractivity contribution is 0.492. The first-order valence-corrected chi connectivity index (χ1v) is 11.1. The van der Waals surface area contributed by atoms with Crippen molar-refractivity contribution >= 4 is 14.1 Å². The number of aliphatic imine (C=N–C) groups is 1. The average molecular weight is 291 g/mol. The van der Waals surface area contributed by atoms with Gasteiger partial charge in [-0.25, -0.2) is 0 Å². The number of rotatable bonds is 5. The molecule has 2 nitrogen and oxygen atoms in total. The lowest BCUT2D eigenvalue weighted by atomic mass is 10.1. The summed E-state index contributed by atoms with van der Waals surface area (Å²) in [7, 11) is -1.43. The Balaban J connectivity index is 3.12. The fraction of sp³-hybridized carbons (Fsp3) is 0.588. The summed E-state index contributed by atoms with van der Waals surface area (Å²) in [5, 5.41) is 0. The number of amidine groups is 1. The summed E-state index contributed by atoms with van der Waals surface area (Å²) in [6.07, 6.45) is 0.932. The van der Waals surface area contributed by atoms with Crippen LogP contribution in [0.25, 0.3) is 0 Å². The van der Waals surface area contributed by atoms with E-state index in [9.17, 15) is 0 Å². The maximum absolute atomic E-state index is 4.94. The minimum Gasteiger partial charge on any atom is -0.385 e. The van der Waals surface area contributed by atoms with Crippen LogP contribution in [-0.2, 0) is 6.42 Å². The van der Waals surface area contributed by atoms with Gasteiger partial charge in [0.05, 0.1) is 5.84 Å². The second kappa shape index (κ2) is 7.07. The Morgan fingerprint density at radius 3 is 2.00 bits per heavy atom. The van der Waals surface area contributed by atoms with E-state index in [0.717, 1.165) is 6.42 Å². The average Bonchev–Trinajstić information content (AvgIpc) is 2.26. The predicted molar refractivity (Wildman–Crippen MR) is 93.0 cm³/mol. The Labute approximate surface area is 126 Å². The Hall–Kier alpha value is -1.09. The summed E-state index contributed by atoms with van der Waals surface area (Å²) in [6, 6.07) is 11.5. The van der Waals surface area contributed by atoms with E-state index in [1.165, 1.54) is 11.4 Å².